The Labute approximate surface area is 183 Å². The number of aromatic nitrogens is 2. The molecule has 0 saturated carbocycles. The lowest BCUT2D eigenvalue weighted by molar-refractivity contribution is -0.170. The quantitative estimate of drug-likeness (QED) is 0.385. The third kappa shape index (κ3) is 1.60. The van der Waals surface area contributed by atoms with Gasteiger partial charge in [-0.15, -0.1) is 0 Å². The van der Waals surface area contributed by atoms with Crippen LogP contribution in [-0.4, -0.2) is 25.7 Å². The number of hydrogen-bond acceptors (Lipinski definition) is 3. The predicted octanol–water partition coefficient (Wildman–Crippen LogP) is 4.50. The minimum atomic E-state index is -1.07. The standard InChI is InChI=1S/C26H21N3O3/c1-25(31)11-18-28-16-9-5-3-7-13(16)20-21-15(12-27-24(21)30)19-14-8-4-6-10-17(14)29(23(19)22(20)28)26(25,2)32-18/h3-10,18,31H,11-12H2,1-2H3,(H,27,30)/t18-,25-,26+/m1/s1. The van der Waals surface area contributed by atoms with Gasteiger partial charge in [-0.25, -0.2) is 0 Å². The van der Waals surface area contributed by atoms with Crippen LogP contribution in [0.4, 0.5) is 0 Å². The fraction of sp³-hybridized carbons (Fsp3) is 0.269. The molecule has 158 valence electrons. The second kappa shape index (κ2) is 5.00. The zero-order valence-electron chi connectivity index (χ0n) is 17.8. The summed E-state index contributed by atoms with van der Waals surface area (Å²) in [6, 6.07) is 16.5. The molecular formula is C26H21N3O3. The summed E-state index contributed by atoms with van der Waals surface area (Å²) >= 11 is 0. The van der Waals surface area contributed by atoms with Crippen LogP contribution in [0.25, 0.3) is 43.6 Å². The minimum Gasteiger partial charge on any atom is -0.385 e. The first kappa shape index (κ1) is 17.2. The zero-order chi connectivity index (χ0) is 21.6. The largest absolute Gasteiger partial charge is 0.385 e. The molecule has 2 aromatic heterocycles. The van der Waals surface area contributed by atoms with E-state index in [9.17, 15) is 9.90 Å². The van der Waals surface area contributed by atoms with Crippen LogP contribution < -0.4 is 5.32 Å². The Morgan fingerprint density at radius 3 is 2.47 bits per heavy atom. The summed E-state index contributed by atoms with van der Waals surface area (Å²) < 4.78 is 11.2. The molecule has 1 fully saturated rings. The number of rotatable bonds is 0. The smallest absolute Gasteiger partial charge is 0.252 e. The van der Waals surface area contributed by atoms with E-state index in [0.717, 1.165) is 54.7 Å². The van der Waals surface area contributed by atoms with Crippen LogP contribution in [0.1, 0.15) is 42.4 Å². The maximum atomic E-state index is 13.2. The number of fused-ring (bicyclic) bond motifs is 13. The van der Waals surface area contributed by atoms with E-state index >= 15 is 0 Å². The highest BCUT2D eigenvalue weighted by Crippen LogP contribution is 2.57. The van der Waals surface area contributed by atoms with Crippen molar-refractivity contribution in [2.75, 3.05) is 0 Å². The molecule has 1 saturated heterocycles. The van der Waals surface area contributed by atoms with E-state index < -0.39 is 11.3 Å². The van der Waals surface area contributed by atoms with Gasteiger partial charge in [0.05, 0.1) is 27.6 Å². The highest BCUT2D eigenvalue weighted by atomic mass is 16.6. The molecule has 2 bridgehead atoms. The summed E-state index contributed by atoms with van der Waals surface area (Å²) in [6.07, 6.45) is 0.135. The molecule has 6 heteroatoms. The number of para-hydroxylation sites is 2. The molecule has 0 aliphatic carbocycles. The fourth-order valence-electron chi connectivity index (χ4n) is 6.62. The molecular weight excluding hydrogens is 402 g/mol. The molecule has 5 heterocycles. The van der Waals surface area contributed by atoms with Crippen molar-refractivity contribution in [2.45, 2.75) is 44.4 Å². The summed E-state index contributed by atoms with van der Waals surface area (Å²) in [5, 5.41) is 19.0. The van der Waals surface area contributed by atoms with Crippen LogP contribution >= 0.6 is 0 Å². The fourth-order valence-corrected chi connectivity index (χ4v) is 6.62. The topological polar surface area (TPSA) is 68.4 Å². The van der Waals surface area contributed by atoms with Crippen LogP contribution in [0.3, 0.4) is 0 Å². The molecule has 3 aromatic carbocycles. The van der Waals surface area contributed by atoms with E-state index in [1.165, 1.54) is 0 Å². The number of amides is 1. The molecule has 6 nitrogen and oxygen atoms in total. The highest BCUT2D eigenvalue weighted by molar-refractivity contribution is 6.31. The minimum absolute atomic E-state index is 0.0184. The van der Waals surface area contributed by atoms with Gasteiger partial charge in [-0.2, -0.15) is 0 Å². The molecule has 8 rings (SSSR count). The van der Waals surface area contributed by atoms with Crippen molar-refractivity contribution in [1.29, 1.82) is 0 Å². The summed E-state index contributed by atoms with van der Waals surface area (Å²) in [7, 11) is 0. The van der Waals surface area contributed by atoms with Crippen LogP contribution in [0, 0.1) is 0 Å². The van der Waals surface area contributed by atoms with Crippen molar-refractivity contribution in [3.8, 4) is 0 Å². The number of aliphatic hydroxyl groups is 1. The Morgan fingerprint density at radius 2 is 1.69 bits per heavy atom. The number of carbonyl (C=O) groups excluding carboxylic acids is 1. The van der Waals surface area contributed by atoms with Gasteiger partial charge < -0.3 is 24.3 Å². The van der Waals surface area contributed by atoms with Gasteiger partial charge in [0.15, 0.2) is 5.72 Å². The second-order valence-corrected chi connectivity index (χ2v) is 9.76. The normalized spacial score (nSPS) is 28.3. The monoisotopic (exact) mass is 423 g/mol. The van der Waals surface area contributed by atoms with Gasteiger partial charge in [-0.05, 0) is 31.5 Å². The average molecular weight is 423 g/mol. The van der Waals surface area contributed by atoms with Gasteiger partial charge in [0, 0.05) is 34.5 Å². The van der Waals surface area contributed by atoms with Crippen molar-refractivity contribution < 1.29 is 14.6 Å². The summed E-state index contributed by atoms with van der Waals surface area (Å²) in [6.45, 7) is 4.38. The van der Waals surface area contributed by atoms with Crippen molar-refractivity contribution >= 4 is 49.5 Å². The van der Waals surface area contributed by atoms with Gasteiger partial charge in [0.2, 0.25) is 0 Å². The number of hydrogen-bond donors (Lipinski definition) is 2. The molecule has 2 N–H and O–H groups in total. The molecule has 5 aromatic rings. The number of carbonyl (C=O) groups is 1. The average Bonchev–Trinajstić information content (AvgIpc) is 3.45. The van der Waals surface area contributed by atoms with Crippen molar-refractivity contribution in [1.82, 2.24) is 14.5 Å². The first-order valence-corrected chi connectivity index (χ1v) is 11.1. The van der Waals surface area contributed by atoms with Gasteiger partial charge in [0.25, 0.3) is 5.91 Å². The number of nitrogens with one attached hydrogen (secondary N) is 1. The van der Waals surface area contributed by atoms with Crippen LogP contribution in [0.5, 0.6) is 0 Å². The van der Waals surface area contributed by atoms with E-state index in [2.05, 4.69) is 38.7 Å². The first-order chi connectivity index (χ1) is 15.4. The van der Waals surface area contributed by atoms with E-state index in [1.807, 2.05) is 38.1 Å². The second-order valence-electron chi connectivity index (χ2n) is 9.76. The van der Waals surface area contributed by atoms with Gasteiger partial charge >= 0.3 is 0 Å². The lowest BCUT2D eigenvalue weighted by Gasteiger charge is -2.37. The number of ether oxygens (including phenoxy) is 1. The zero-order valence-corrected chi connectivity index (χ0v) is 17.8. The van der Waals surface area contributed by atoms with Gasteiger partial charge in [-0.3, -0.25) is 4.79 Å². The van der Waals surface area contributed by atoms with E-state index in [1.54, 1.807) is 0 Å². The third-order valence-corrected chi connectivity index (χ3v) is 8.17. The molecule has 1 amide bonds. The molecule has 3 aliphatic rings. The van der Waals surface area contributed by atoms with Crippen molar-refractivity contribution in [2.24, 2.45) is 0 Å². The predicted molar refractivity (Wildman–Crippen MR) is 123 cm³/mol. The first-order valence-electron chi connectivity index (χ1n) is 11.1. The summed E-state index contributed by atoms with van der Waals surface area (Å²) in [4.78, 5) is 13.2. The van der Waals surface area contributed by atoms with Crippen molar-refractivity contribution in [3.63, 3.8) is 0 Å². The van der Waals surface area contributed by atoms with Crippen molar-refractivity contribution in [3.05, 3.63) is 59.7 Å². The van der Waals surface area contributed by atoms with Gasteiger partial charge in [-0.1, -0.05) is 36.4 Å². The van der Waals surface area contributed by atoms with Crippen LogP contribution in [0.2, 0.25) is 0 Å². The van der Waals surface area contributed by atoms with E-state index in [-0.39, 0.29) is 12.1 Å². The van der Waals surface area contributed by atoms with Gasteiger partial charge in [0.1, 0.15) is 11.8 Å². The molecule has 32 heavy (non-hydrogen) atoms. The van der Waals surface area contributed by atoms with Crippen LogP contribution in [-0.2, 0) is 17.0 Å². The molecule has 0 radical (unpaired) electrons. The summed E-state index contributed by atoms with van der Waals surface area (Å²) in [5.41, 5.74) is 3.90. The number of benzene rings is 3. The maximum absolute atomic E-state index is 13.2. The Bertz CT molecular complexity index is 1710. The molecule has 3 atom stereocenters. The molecule has 0 unspecified atom stereocenters. The molecule has 0 spiro atoms. The Morgan fingerprint density at radius 1 is 1.00 bits per heavy atom. The highest BCUT2D eigenvalue weighted by Gasteiger charge is 2.58. The lowest BCUT2D eigenvalue weighted by Crippen LogP contribution is -2.48. The number of nitrogens with zero attached hydrogens (tertiary/aromatic N) is 2. The maximum Gasteiger partial charge on any atom is 0.252 e. The molecule has 3 aliphatic heterocycles. The van der Waals surface area contributed by atoms with Crippen LogP contribution in [0.15, 0.2) is 48.5 Å². The van der Waals surface area contributed by atoms with E-state index in [0.29, 0.717) is 13.0 Å². The SMILES string of the molecule is C[C@@]1(O)C[C@H]2O[C@]1(C)n1c3ccccc3c3c4c(c5c6ccccc6n2c5c31)C(=O)NC4. The third-order valence-electron chi connectivity index (χ3n) is 8.17. The Kier molecular flexibility index (Phi) is 2.69. The lowest BCUT2D eigenvalue weighted by atomic mass is 9.91. The van der Waals surface area contributed by atoms with E-state index in [4.69, 9.17) is 4.74 Å². The summed E-state index contributed by atoms with van der Waals surface area (Å²) in [5.74, 6) is -0.0184. The Balaban J connectivity index is 1.80. The Hall–Kier alpha value is -3.35.